The van der Waals surface area contributed by atoms with Gasteiger partial charge in [0.05, 0.1) is 0 Å². The first-order valence-corrected chi connectivity index (χ1v) is 25.2. The van der Waals surface area contributed by atoms with Crippen LogP contribution in [0.5, 0.6) is 0 Å². The third-order valence-electron chi connectivity index (χ3n) is 11.3. The summed E-state index contributed by atoms with van der Waals surface area (Å²) in [6, 6.07) is 0. The van der Waals surface area contributed by atoms with Crippen LogP contribution in [-0.2, 0) is 28.6 Å². The molecule has 336 valence electrons. The van der Waals surface area contributed by atoms with E-state index in [0.29, 0.717) is 19.3 Å². The topological polar surface area (TPSA) is 78.9 Å². The molecule has 1 unspecified atom stereocenters. The number of ether oxygens (including phenoxy) is 3. The molecule has 0 aliphatic rings. The third kappa shape index (κ3) is 45.1. The Balaban J connectivity index is 4.34. The van der Waals surface area contributed by atoms with Gasteiger partial charge in [-0.1, -0.05) is 226 Å². The van der Waals surface area contributed by atoms with Crippen molar-refractivity contribution < 1.29 is 28.6 Å². The summed E-state index contributed by atoms with van der Waals surface area (Å²) in [5, 5.41) is 0. The minimum atomic E-state index is -0.768. The molecule has 0 rings (SSSR count). The first-order valence-electron chi connectivity index (χ1n) is 25.2. The van der Waals surface area contributed by atoms with Crippen LogP contribution in [0.3, 0.4) is 0 Å². The van der Waals surface area contributed by atoms with E-state index in [0.717, 1.165) is 64.2 Å². The van der Waals surface area contributed by atoms with Crippen LogP contribution in [0.1, 0.15) is 278 Å². The summed E-state index contributed by atoms with van der Waals surface area (Å²) < 4.78 is 16.8. The van der Waals surface area contributed by atoms with Gasteiger partial charge >= 0.3 is 17.9 Å². The maximum Gasteiger partial charge on any atom is 0.306 e. The number of carbonyl (C=O) groups is 3. The van der Waals surface area contributed by atoms with Crippen molar-refractivity contribution in [2.75, 3.05) is 13.2 Å². The molecule has 0 saturated heterocycles. The Kier molecular flexibility index (Phi) is 45.3. The Morgan fingerprint density at radius 1 is 0.333 bits per heavy atom. The number of unbranched alkanes of at least 4 members (excludes halogenated alkanes) is 33. The molecule has 0 heterocycles. The Hall–Kier alpha value is -1.85. The number of carbonyl (C=O) groups excluding carboxylic acids is 3. The van der Waals surface area contributed by atoms with Gasteiger partial charge in [-0.25, -0.2) is 0 Å². The van der Waals surface area contributed by atoms with Gasteiger partial charge in [0.15, 0.2) is 6.10 Å². The van der Waals surface area contributed by atoms with Crippen LogP contribution >= 0.6 is 0 Å². The average molecular weight is 805 g/mol. The smallest absolute Gasteiger partial charge is 0.306 e. The van der Waals surface area contributed by atoms with Gasteiger partial charge in [0.2, 0.25) is 0 Å². The van der Waals surface area contributed by atoms with E-state index in [9.17, 15) is 14.4 Å². The van der Waals surface area contributed by atoms with Crippen molar-refractivity contribution in [2.24, 2.45) is 0 Å². The van der Waals surface area contributed by atoms with Crippen LogP contribution in [0, 0.1) is 0 Å². The second kappa shape index (κ2) is 46.8. The number of hydrogen-bond donors (Lipinski definition) is 0. The quantitative estimate of drug-likeness (QED) is 0.0264. The molecule has 6 nitrogen and oxygen atoms in total. The molecule has 0 spiro atoms. The minimum absolute atomic E-state index is 0.0696. The lowest BCUT2D eigenvalue weighted by Crippen LogP contribution is -2.30. The van der Waals surface area contributed by atoms with Crippen molar-refractivity contribution in [3.05, 3.63) is 12.2 Å². The lowest BCUT2D eigenvalue weighted by molar-refractivity contribution is -0.167. The lowest BCUT2D eigenvalue weighted by atomic mass is 10.0. The van der Waals surface area contributed by atoms with Crippen LogP contribution in [0.25, 0.3) is 0 Å². The first kappa shape index (κ1) is 55.2. The summed E-state index contributed by atoms with van der Waals surface area (Å²) >= 11 is 0. The highest BCUT2D eigenvalue weighted by molar-refractivity contribution is 5.71. The number of rotatable bonds is 46. The van der Waals surface area contributed by atoms with Crippen LogP contribution < -0.4 is 0 Å². The van der Waals surface area contributed by atoms with Gasteiger partial charge in [-0.2, -0.15) is 0 Å². The normalized spacial score (nSPS) is 12.0. The predicted molar refractivity (Wildman–Crippen MR) is 243 cm³/mol. The van der Waals surface area contributed by atoms with Crippen molar-refractivity contribution in [1.29, 1.82) is 0 Å². The summed E-state index contributed by atoms with van der Waals surface area (Å²) in [6.07, 6.45) is 50.5. The summed E-state index contributed by atoms with van der Waals surface area (Å²) in [7, 11) is 0. The highest BCUT2D eigenvalue weighted by Crippen LogP contribution is 2.16. The number of hydrogen-bond acceptors (Lipinski definition) is 6. The highest BCUT2D eigenvalue weighted by Gasteiger charge is 2.19. The summed E-state index contributed by atoms with van der Waals surface area (Å²) in [6.45, 7) is 6.64. The second-order valence-electron chi connectivity index (χ2n) is 17.1. The Morgan fingerprint density at radius 3 is 0.895 bits per heavy atom. The first-order chi connectivity index (χ1) is 28.0. The van der Waals surface area contributed by atoms with Gasteiger partial charge in [0, 0.05) is 19.3 Å². The monoisotopic (exact) mass is 805 g/mol. The maximum atomic E-state index is 12.8. The van der Waals surface area contributed by atoms with Gasteiger partial charge in [-0.3, -0.25) is 14.4 Å². The molecule has 0 amide bonds. The average Bonchev–Trinajstić information content (AvgIpc) is 3.21. The zero-order valence-corrected chi connectivity index (χ0v) is 38.4. The second-order valence-corrected chi connectivity index (χ2v) is 17.1. The van der Waals surface area contributed by atoms with Crippen LogP contribution in [0.15, 0.2) is 12.2 Å². The third-order valence-corrected chi connectivity index (χ3v) is 11.3. The summed E-state index contributed by atoms with van der Waals surface area (Å²) in [5.74, 6) is -0.872. The molecule has 57 heavy (non-hydrogen) atoms. The lowest BCUT2D eigenvalue weighted by Gasteiger charge is -2.18. The van der Waals surface area contributed by atoms with Gasteiger partial charge in [-0.05, 0) is 44.9 Å². The fraction of sp³-hybridized carbons (Fsp3) is 0.902. The molecular weight excluding hydrogens is 709 g/mol. The fourth-order valence-electron chi connectivity index (χ4n) is 7.44. The molecule has 0 aromatic rings. The van der Waals surface area contributed by atoms with Crippen molar-refractivity contribution in [2.45, 2.75) is 284 Å². The highest BCUT2D eigenvalue weighted by atomic mass is 16.6. The SMILES string of the molecule is CCCCCCCCC/C=C\CCCCCC(=O)OCC(COC(=O)CCCCCCCCCCCCC)OC(=O)CCCCCCCCCCCCCCCC. The van der Waals surface area contributed by atoms with E-state index >= 15 is 0 Å². The van der Waals surface area contributed by atoms with E-state index in [1.807, 2.05) is 0 Å². The predicted octanol–water partition coefficient (Wildman–Crippen LogP) is 16.2. The molecule has 0 fully saturated rings. The molecule has 0 radical (unpaired) electrons. The molecule has 0 N–H and O–H groups in total. The summed E-state index contributed by atoms with van der Waals surface area (Å²) in [4.78, 5) is 37.8. The fourth-order valence-corrected chi connectivity index (χ4v) is 7.44. The molecule has 0 aliphatic heterocycles. The Bertz CT molecular complexity index is 885. The largest absolute Gasteiger partial charge is 0.462 e. The molecule has 0 aromatic heterocycles. The van der Waals surface area contributed by atoms with E-state index in [1.165, 1.54) is 173 Å². The standard InChI is InChI=1S/C51H96O6/c1-4-7-10-13-16-19-22-24-26-29-32-35-38-41-44-50(53)56-47-48(46-55-49(52)43-40-37-34-31-28-21-18-15-12-9-6-3)57-51(54)45-42-39-36-33-30-27-25-23-20-17-14-11-8-5-2/h26,29,48H,4-25,27-28,30-47H2,1-3H3/b29-26-. The van der Waals surface area contributed by atoms with E-state index in [-0.39, 0.29) is 31.1 Å². The molecule has 0 bridgehead atoms. The maximum absolute atomic E-state index is 12.8. The van der Waals surface area contributed by atoms with Crippen molar-refractivity contribution in [1.82, 2.24) is 0 Å². The summed E-state index contributed by atoms with van der Waals surface area (Å²) in [5.41, 5.74) is 0. The van der Waals surface area contributed by atoms with Crippen molar-refractivity contribution >= 4 is 17.9 Å². The molecule has 0 aliphatic carbocycles. The molecule has 1 atom stereocenters. The van der Waals surface area contributed by atoms with Crippen molar-refractivity contribution in [3.8, 4) is 0 Å². The number of esters is 3. The van der Waals surface area contributed by atoms with Gasteiger partial charge in [0.25, 0.3) is 0 Å². The van der Waals surface area contributed by atoms with Crippen molar-refractivity contribution in [3.63, 3.8) is 0 Å². The number of allylic oxidation sites excluding steroid dienone is 2. The van der Waals surface area contributed by atoms with Crippen LogP contribution in [-0.4, -0.2) is 37.2 Å². The van der Waals surface area contributed by atoms with Crippen LogP contribution in [0.2, 0.25) is 0 Å². The van der Waals surface area contributed by atoms with E-state index in [4.69, 9.17) is 14.2 Å². The van der Waals surface area contributed by atoms with Gasteiger partial charge < -0.3 is 14.2 Å². The van der Waals surface area contributed by atoms with E-state index < -0.39 is 6.10 Å². The Labute approximate surface area is 354 Å². The molecular formula is C51H96O6. The van der Waals surface area contributed by atoms with E-state index in [2.05, 4.69) is 32.9 Å². The zero-order chi connectivity index (χ0) is 41.5. The van der Waals surface area contributed by atoms with Gasteiger partial charge in [0.1, 0.15) is 13.2 Å². The zero-order valence-electron chi connectivity index (χ0n) is 38.4. The Morgan fingerprint density at radius 2 is 0.579 bits per heavy atom. The van der Waals surface area contributed by atoms with E-state index in [1.54, 1.807) is 0 Å². The molecule has 0 aromatic carbocycles. The molecule has 6 heteroatoms. The van der Waals surface area contributed by atoms with Crippen LogP contribution in [0.4, 0.5) is 0 Å². The molecule has 0 saturated carbocycles. The van der Waals surface area contributed by atoms with Gasteiger partial charge in [-0.15, -0.1) is 0 Å². The minimum Gasteiger partial charge on any atom is -0.462 e.